The zero-order chi connectivity index (χ0) is 18.8. The van der Waals surface area contributed by atoms with E-state index in [-0.39, 0.29) is 5.82 Å². The number of ether oxygens (including phenoxy) is 1. The molecule has 2 rings (SSSR count). The number of carbonyl (C=O) groups excluding carboxylic acids is 2. The molecule has 0 unspecified atom stereocenters. The number of benzene rings is 2. The SMILES string of the molecule is CCCNC(=O)C(=O)N/N=C\c1ccc(OCc2ccc(F)cc2)cc1. The number of hydrogen-bond acceptors (Lipinski definition) is 4. The Morgan fingerprint density at radius 3 is 2.42 bits per heavy atom. The lowest BCUT2D eigenvalue weighted by molar-refractivity contribution is -0.139. The number of rotatable bonds is 7. The van der Waals surface area contributed by atoms with Gasteiger partial charge in [0.05, 0.1) is 6.21 Å². The van der Waals surface area contributed by atoms with Gasteiger partial charge in [0.1, 0.15) is 18.2 Å². The van der Waals surface area contributed by atoms with Crippen molar-refractivity contribution in [2.75, 3.05) is 6.54 Å². The summed E-state index contributed by atoms with van der Waals surface area (Å²) < 4.78 is 18.5. The number of nitrogens with one attached hydrogen (secondary N) is 2. The Balaban J connectivity index is 1.80. The van der Waals surface area contributed by atoms with Crippen molar-refractivity contribution in [3.05, 3.63) is 65.5 Å². The highest BCUT2D eigenvalue weighted by atomic mass is 19.1. The van der Waals surface area contributed by atoms with Gasteiger partial charge in [-0.3, -0.25) is 9.59 Å². The molecule has 136 valence electrons. The van der Waals surface area contributed by atoms with E-state index in [0.717, 1.165) is 17.5 Å². The van der Waals surface area contributed by atoms with E-state index in [1.54, 1.807) is 36.4 Å². The average Bonchev–Trinajstić information content (AvgIpc) is 2.66. The van der Waals surface area contributed by atoms with Crippen molar-refractivity contribution in [2.24, 2.45) is 5.10 Å². The Morgan fingerprint density at radius 2 is 1.77 bits per heavy atom. The van der Waals surface area contributed by atoms with Crippen LogP contribution in [0.5, 0.6) is 5.75 Å². The van der Waals surface area contributed by atoms with Gasteiger partial charge in [-0.2, -0.15) is 5.10 Å². The number of hydrazone groups is 1. The Morgan fingerprint density at radius 1 is 1.08 bits per heavy atom. The molecule has 0 fully saturated rings. The molecule has 2 N–H and O–H groups in total. The summed E-state index contributed by atoms with van der Waals surface area (Å²) in [5.74, 6) is -1.16. The molecular formula is C19H20FN3O3. The fourth-order valence-corrected chi connectivity index (χ4v) is 1.93. The maximum Gasteiger partial charge on any atom is 0.329 e. The van der Waals surface area contributed by atoms with Crippen LogP contribution in [0.2, 0.25) is 0 Å². The predicted molar refractivity (Wildman–Crippen MR) is 96.2 cm³/mol. The van der Waals surface area contributed by atoms with Gasteiger partial charge in [-0.1, -0.05) is 19.1 Å². The second-order valence-electron chi connectivity index (χ2n) is 5.44. The van der Waals surface area contributed by atoms with Crippen LogP contribution in [0.1, 0.15) is 24.5 Å². The van der Waals surface area contributed by atoms with E-state index in [0.29, 0.717) is 18.9 Å². The zero-order valence-corrected chi connectivity index (χ0v) is 14.4. The first-order valence-electron chi connectivity index (χ1n) is 8.17. The minimum absolute atomic E-state index is 0.285. The Kier molecular flexibility index (Phi) is 7.30. The molecule has 6 nitrogen and oxygen atoms in total. The van der Waals surface area contributed by atoms with Crippen LogP contribution in [-0.2, 0) is 16.2 Å². The van der Waals surface area contributed by atoms with Crippen LogP contribution in [0.3, 0.4) is 0 Å². The van der Waals surface area contributed by atoms with Crippen LogP contribution in [-0.4, -0.2) is 24.6 Å². The fraction of sp³-hybridized carbons (Fsp3) is 0.211. The maximum atomic E-state index is 12.8. The van der Waals surface area contributed by atoms with Crippen molar-refractivity contribution in [3.8, 4) is 5.75 Å². The van der Waals surface area contributed by atoms with Gasteiger partial charge in [0.25, 0.3) is 0 Å². The standard InChI is InChI=1S/C19H20FN3O3/c1-2-11-21-18(24)19(25)23-22-12-14-5-9-17(10-6-14)26-13-15-3-7-16(20)8-4-15/h3-10,12H,2,11,13H2,1H3,(H,21,24)(H,23,25)/b22-12-. The molecule has 0 radical (unpaired) electrons. The Labute approximate surface area is 151 Å². The van der Waals surface area contributed by atoms with Crippen LogP contribution in [0.4, 0.5) is 4.39 Å². The molecule has 0 saturated carbocycles. The van der Waals surface area contributed by atoms with Gasteiger partial charge in [-0.05, 0) is 53.9 Å². The lowest BCUT2D eigenvalue weighted by Gasteiger charge is -2.06. The monoisotopic (exact) mass is 357 g/mol. The summed E-state index contributed by atoms with van der Waals surface area (Å²) in [5, 5.41) is 6.20. The molecule has 7 heteroatoms. The van der Waals surface area contributed by atoms with Crippen LogP contribution < -0.4 is 15.5 Å². The van der Waals surface area contributed by atoms with Gasteiger partial charge < -0.3 is 10.1 Å². The highest BCUT2D eigenvalue weighted by Gasteiger charge is 2.10. The van der Waals surface area contributed by atoms with Crippen LogP contribution in [0.25, 0.3) is 0 Å². The Hall–Kier alpha value is -3.22. The molecular weight excluding hydrogens is 337 g/mol. The van der Waals surface area contributed by atoms with Crippen LogP contribution in [0, 0.1) is 5.82 Å². The molecule has 0 atom stereocenters. The Bertz CT molecular complexity index is 759. The molecule has 0 spiro atoms. The highest BCUT2D eigenvalue weighted by Crippen LogP contribution is 2.13. The van der Waals surface area contributed by atoms with Crippen molar-refractivity contribution in [1.29, 1.82) is 0 Å². The molecule has 2 amide bonds. The van der Waals surface area contributed by atoms with Crippen molar-refractivity contribution >= 4 is 18.0 Å². The molecule has 0 aliphatic heterocycles. The topological polar surface area (TPSA) is 79.8 Å². The second kappa shape index (κ2) is 9.93. The molecule has 0 aromatic heterocycles. The molecule has 2 aromatic carbocycles. The highest BCUT2D eigenvalue weighted by molar-refractivity contribution is 6.35. The minimum atomic E-state index is -0.811. The summed E-state index contributed by atoms with van der Waals surface area (Å²) in [6.07, 6.45) is 2.17. The van der Waals surface area contributed by atoms with E-state index < -0.39 is 11.8 Å². The van der Waals surface area contributed by atoms with Crippen molar-refractivity contribution in [1.82, 2.24) is 10.7 Å². The van der Waals surface area contributed by atoms with Crippen molar-refractivity contribution in [2.45, 2.75) is 20.0 Å². The summed E-state index contributed by atoms with van der Waals surface area (Å²) in [7, 11) is 0. The molecule has 2 aromatic rings. The lowest BCUT2D eigenvalue weighted by Crippen LogP contribution is -2.38. The molecule has 26 heavy (non-hydrogen) atoms. The predicted octanol–water partition coefficient (Wildman–Crippen LogP) is 2.38. The first-order valence-corrected chi connectivity index (χ1v) is 8.17. The normalized spacial score (nSPS) is 10.5. The molecule has 0 aliphatic carbocycles. The number of nitrogens with zero attached hydrogens (tertiary/aromatic N) is 1. The maximum absolute atomic E-state index is 12.8. The fourth-order valence-electron chi connectivity index (χ4n) is 1.93. The number of carbonyl (C=O) groups is 2. The second-order valence-corrected chi connectivity index (χ2v) is 5.44. The van der Waals surface area contributed by atoms with Gasteiger partial charge in [0, 0.05) is 6.54 Å². The summed E-state index contributed by atoms with van der Waals surface area (Å²) in [6.45, 7) is 2.66. The largest absolute Gasteiger partial charge is 0.489 e. The van der Waals surface area contributed by atoms with E-state index in [4.69, 9.17) is 4.74 Å². The molecule has 0 saturated heterocycles. The van der Waals surface area contributed by atoms with E-state index >= 15 is 0 Å². The van der Waals surface area contributed by atoms with Crippen LogP contribution in [0.15, 0.2) is 53.6 Å². The van der Waals surface area contributed by atoms with Crippen molar-refractivity contribution in [3.63, 3.8) is 0 Å². The van der Waals surface area contributed by atoms with E-state index in [9.17, 15) is 14.0 Å². The smallest absolute Gasteiger partial charge is 0.329 e. The summed E-state index contributed by atoms with van der Waals surface area (Å²) in [5.41, 5.74) is 3.75. The first kappa shape index (κ1) is 19.1. The number of halogens is 1. The number of amides is 2. The van der Waals surface area contributed by atoms with Crippen molar-refractivity contribution < 1.29 is 18.7 Å². The van der Waals surface area contributed by atoms with E-state index in [1.165, 1.54) is 18.3 Å². The van der Waals surface area contributed by atoms with Gasteiger partial charge in [-0.15, -0.1) is 0 Å². The summed E-state index contributed by atoms with van der Waals surface area (Å²) >= 11 is 0. The molecule has 0 bridgehead atoms. The van der Waals surface area contributed by atoms with E-state index in [1.807, 2.05) is 6.92 Å². The third-order valence-electron chi connectivity index (χ3n) is 3.32. The average molecular weight is 357 g/mol. The number of hydrogen-bond donors (Lipinski definition) is 2. The van der Waals surface area contributed by atoms with Gasteiger partial charge in [0.2, 0.25) is 0 Å². The van der Waals surface area contributed by atoms with Crippen LogP contribution >= 0.6 is 0 Å². The summed E-state index contributed by atoms with van der Waals surface area (Å²) in [6, 6.07) is 13.1. The van der Waals surface area contributed by atoms with Gasteiger partial charge in [0.15, 0.2) is 0 Å². The first-order chi connectivity index (χ1) is 12.6. The quantitative estimate of drug-likeness (QED) is 0.454. The van der Waals surface area contributed by atoms with Gasteiger partial charge >= 0.3 is 11.8 Å². The third-order valence-corrected chi connectivity index (χ3v) is 3.32. The molecule has 0 heterocycles. The molecule has 0 aliphatic rings. The zero-order valence-electron chi connectivity index (χ0n) is 14.4. The van der Waals surface area contributed by atoms with E-state index in [2.05, 4.69) is 15.8 Å². The third kappa shape index (κ3) is 6.35. The summed E-state index contributed by atoms with van der Waals surface area (Å²) in [4.78, 5) is 22.8. The lowest BCUT2D eigenvalue weighted by atomic mass is 10.2. The minimum Gasteiger partial charge on any atom is -0.489 e. The van der Waals surface area contributed by atoms with Gasteiger partial charge in [-0.25, -0.2) is 9.82 Å².